The Kier molecular flexibility index (Phi) is 4.58. The van der Waals surface area contributed by atoms with Crippen molar-refractivity contribution in [1.29, 1.82) is 0 Å². The van der Waals surface area contributed by atoms with Crippen LogP contribution < -0.4 is 5.73 Å². The van der Waals surface area contributed by atoms with Crippen LogP contribution in [0.15, 0.2) is 10.2 Å². The molecule has 0 bridgehead atoms. The summed E-state index contributed by atoms with van der Waals surface area (Å²) in [7, 11) is 1.56. The third-order valence-corrected chi connectivity index (χ3v) is 4.04. The maximum absolute atomic E-state index is 12.3. The SMILES string of the molecule is C#CCCC1(CCC(=O)N2C[C@@H](OC)C[C@H]2C(N)=O)N=N1. The van der Waals surface area contributed by atoms with E-state index in [0.717, 1.165) is 0 Å². The molecular weight excluding hydrogens is 272 g/mol. The fraction of sp³-hybridized carbons (Fsp3) is 0.714. The summed E-state index contributed by atoms with van der Waals surface area (Å²) in [5.74, 6) is 1.94. The highest BCUT2D eigenvalue weighted by atomic mass is 16.5. The first-order valence-corrected chi connectivity index (χ1v) is 7.00. The van der Waals surface area contributed by atoms with Crippen LogP contribution in [-0.2, 0) is 14.3 Å². The van der Waals surface area contributed by atoms with Crippen molar-refractivity contribution in [2.24, 2.45) is 16.0 Å². The van der Waals surface area contributed by atoms with Gasteiger partial charge in [-0.2, -0.15) is 10.2 Å². The van der Waals surface area contributed by atoms with Crippen LogP contribution in [0.2, 0.25) is 0 Å². The number of carbonyl (C=O) groups is 2. The lowest BCUT2D eigenvalue weighted by molar-refractivity contribution is -0.137. The van der Waals surface area contributed by atoms with Gasteiger partial charge in [-0.1, -0.05) is 0 Å². The molecular formula is C14H20N4O3. The summed E-state index contributed by atoms with van der Waals surface area (Å²) in [5, 5.41) is 8.00. The molecule has 2 amide bonds. The van der Waals surface area contributed by atoms with Gasteiger partial charge >= 0.3 is 0 Å². The lowest BCUT2D eigenvalue weighted by Crippen LogP contribution is -2.44. The molecule has 0 aromatic heterocycles. The van der Waals surface area contributed by atoms with Gasteiger partial charge in [0.1, 0.15) is 6.04 Å². The minimum Gasteiger partial charge on any atom is -0.380 e. The average Bonchev–Trinajstić information content (AvgIpc) is 3.10. The highest BCUT2D eigenvalue weighted by molar-refractivity contribution is 5.87. The van der Waals surface area contributed by atoms with E-state index < -0.39 is 17.6 Å². The first kappa shape index (κ1) is 15.4. The van der Waals surface area contributed by atoms with Gasteiger partial charge in [-0.05, 0) is 0 Å². The van der Waals surface area contributed by atoms with Gasteiger partial charge in [0.05, 0.1) is 6.10 Å². The monoisotopic (exact) mass is 292 g/mol. The van der Waals surface area contributed by atoms with Crippen molar-refractivity contribution in [3.63, 3.8) is 0 Å². The van der Waals surface area contributed by atoms with E-state index in [1.807, 2.05) is 0 Å². The lowest BCUT2D eigenvalue weighted by Gasteiger charge is -2.22. The summed E-state index contributed by atoms with van der Waals surface area (Å²) >= 11 is 0. The Balaban J connectivity index is 1.88. The molecule has 1 saturated heterocycles. The van der Waals surface area contributed by atoms with Crippen LogP contribution in [0, 0.1) is 12.3 Å². The van der Waals surface area contributed by atoms with Gasteiger partial charge < -0.3 is 15.4 Å². The van der Waals surface area contributed by atoms with Gasteiger partial charge in [0.25, 0.3) is 0 Å². The number of nitrogens with zero attached hydrogens (tertiary/aromatic N) is 3. The quantitative estimate of drug-likeness (QED) is 0.689. The summed E-state index contributed by atoms with van der Waals surface area (Å²) in [6, 6.07) is -0.586. The molecule has 0 aromatic rings. The molecule has 2 heterocycles. The van der Waals surface area contributed by atoms with Crippen LogP contribution in [-0.4, -0.2) is 48.2 Å². The van der Waals surface area contributed by atoms with Crippen LogP contribution >= 0.6 is 0 Å². The van der Waals surface area contributed by atoms with Gasteiger partial charge in [0, 0.05) is 45.8 Å². The van der Waals surface area contributed by atoms with Crippen LogP contribution in [0.5, 0.6) is 0 Å². The van der Waals surface area contributed by atoms with Crippen molar-refractivity contribution in [3.05, 3.63) is 0 Å². The van der Waals surface area contributed by atoms with E-state index in [-0.39, 0.29) is 18.4 Å². The van der Waals surface area contributed by atoms with Crippen LogP contribution in [0.3, 0.4) is 0 Å². The normalized spacial score (nSPS) is 25.6. The van der Waals surface area contributed by atoms with Gasteiger partial charge in [-0.3, -0.25) is 9.59 Å². The Bertz CT molecular complexity index is 491. The molecule has 21 heavy (non-hydrogen) atoms. The second kappa shape index (κ2) is 6.22. The van der Waals surface area contributed by atoms with Crippen LogP contribution in [0.25, 0.3) is 0 Å². The molecule has 0 aromatic carbocycles. The number of amides is 2. The van der Waals surface area contributed by atoms with Gasteiger partial charge in [-0.25, -0.2) is 0 Å². The number of terminal acetylenes is 1. The molecule has 114 valence electrons. The van der Waals surface area contributed by atoms with Crippen molar-refractivity contribution in [3.8, 4) is 12.3 Å². The third-order valence-electron chi connectivity index (χ3n) is 4.04. The molecule has 2 aliphatic rings. The van der Waals surface area contributed by atoms with Crippen molar-refractivity contribution in [2.45, 2.75) is 49.9 Å². The molecule has 0 spiro atoms. The third kappa shape index (κ3) is 3.58. The maximum Gasteiger partial charge on any atom is 0.240 e. The van der Waals surface area contributed by atoms with Crippen molar-refractivity contribution in [1.82, 2.24) is 4.90 Å². The Morgan fingerprint density at radius 1 is 1.48 bits per heavy atom. The van der Waals surface area contributed by atoms with E-state index in [9.17, 15) is 9.59 Å². The van der Waals surface area contributed by atoms with Gasteiger partial charge in [0.2, 0.25) is 11.8 Å². The fourth-order valence-electron chi connectivity index (χ4n) is 2.63. The zero-order chi connectivity index (χ0) is 15.5. The van der Waals surface area contributed by atoms with E-state index in [4.69, 9.17) is 16.9 Å². The average molecular weight is 292 g/mol. The molecule has 1 fully saturated rings. The molecule has 2 atom stereocenters. The Labute approximate surface area is 123 Å². The summed E-state index contributed by atoms with van der Waals surface area (Å²) in [6.07, 6.45) is 7.58. The molecule has 7 heteroatoms. The smallest absolute Gasteiger partial charge is 0.240 e. The molecule has 2 aliphatic heterocycles. The minimum absolute atomic E-state index is 0.115. The van der Waals surface area contributed by atoms with Crippen molar-refractivity contribution >= 4 is 11.8 Å². The van der Waals surface area contributed by atoms with E-state index in [2.05, 4.69) is 16.1 Å². The second-order valence-corrected chi connectivity index (χ2v) is 5.44. The number of methoxy groups -OCH3 is 1. The second-order valence-electron chi connectivity index (χ2n) is 5.44. The van der Waals surface area contributed by atoms with Crippen molar-refractivity contribution in [2.75, 3.05) is 13.7 Å². The molecule has 0 saturated carbocycles. The minimum atomic E-state index is -0.586. The number of rotatable bonds is 7. The van der Waals surface area contributed by atoms with Crippen molar-refractivity contribution < 1.29 is 14.3 Å². The molecule has 0 aliphatic carbocycles. The molecule has 0 radical (unpaired) electrons. The number of hydrogen-bond acceptors (Lipinski definition) is 5. The molecule has 7 nitrogen and oxygen atoms in total. The molecule has 0 unspecified atom stereocenters. The highest BCUT2D eigenvalue weighted by Crippen LogP contribution is 2.38. The summed E-state index contributed by atoms with van der Waals surface area (Å²) in [6.45, 7) is 0.397. The first-order chi connectivity index (χ1) is 10.0. The van der Waals surface area contributed by atoms with Crippen LogP contribution in [0.1, 0.15) is 32.1 Å². The number of likely N-dealkylation sites (tertiary alicyclic amines) is 1. The topological polar surface area (TPSA) is 97.3 Å². The van der Waals surface area contributed by atoms with Crippen LogP contribution in [0.4, 0.5) is 0 Å². The van der Waals surface area contributed by atoms with E-state index in [1.165, 1.54) is 4.90 Å². The number of ether oxygens (including phenoxy) is 1. The Morgan fingerprint density at radius 2 is 2.19 bits per heavy atom. The zero-order valence-corrected chi connectivity index (χ0v) is 12.1. The highest BCUT2D eigenvalue weighted by Gasteiger charge is 2.42. The van der Waals surface area contributed by atoms with E-state index in [1.54, 1.807) is 7.11 Å². The zero-order valence-electron chi connectivity index (χ0n) is 12.1. The number of primary amides is 1. The van der Waals surface area contributed by atoms with E-state index in [0.29, 0.717) is 32.2 Å². The maximum atomic E-state index is 12.3. The standard InChI is InChI=1S/C14H20N4O3/c1-3-4-6-14(16-17-14)7-5-12(19)18-9-10(21-2)8-11(18)13(15)20/h1,10-11H,4-9H2,2H3,(H2,15,20)/t10-,11-/m0/s1. The van der Waals surface area contributed by atoms with Gasteiger partial charge in [-0.15, -0.1) is 12.3 Å². The summed E-state index contributed by atoms with van der Waals surface area (Å²) in [4.78, 5) is 25.3. The predicted molar refractivity (Wildman–Crippen MR) is 75.0 cm³/mol. The fourth-order valence-corrected chi connectivity index (χ4v) is 2.63. The molecule has 2 N–H and O–H groups in total. The predicted octanol–water partition coefficient (Wildman–Crippen LogP) is 0.443. The lowest BCUT2D eigenvalue weighted by atomic mass is 10.0. The number of nitrogens with two attached hydrogens (primary N) is 1. The first-order valence-electron chi connectivity index (χ1n) is 7.00. The Morgan fingerprint density at radius 3 is 2.71 bits per heavy atom. The number of carbonyl (C=O) groups excluding carboxylic acids is 2. The number of hydrogen-bond donors (Lipinski definition) is 1. The van der Waals surface area contributed by atoms with Gasteiger partial charge in [0.15, 0.2) is 5.66 Å². The largest absolute Gasteiger partial charge is 0.380 e. The molecule has 2 rings (SSSR count). The summed E-state index contributed by atoms with van der Waals surface area (Å²) < 4.78 is 5.22. The van der Waals surface area contributed by atoms with E-state index >= 15 is 0 Å². The summed E-state index contributed by atoms with van der Waals surface area (Å²) in [5.41, 5.74) is 4.87. The Hall–Kier alpha value is -1.94.